The highest BCUT2D eigenvalue weighted by atomic mass is 32.2. The molecule has 0 saturated carbocycles. The molecule has 6 nitrogen and oxygen atoms in total. The van der Waals surface area contributed by atoms with Gasteiger partial charge in [0.25, 0.3) is 5.91 Å². The molecule has 2 fully saturated rings. The predicted octanol–water partition coefficient (Wildman–Crippen LogP) is 3.66. The second kappa shape index (κ2) is 8.67. The number of nitrogens with zero attached hydrogens (tertiary/aromatic N) is 2. The third-order valence-electron chi connectivity index (χ3n) is 5.64. The molecule has 0 aliphatic carbocycles. The summed E-state index contributed by atoms with van der Waals surface area (Å²) in [5, 5.41) is 0.475. The summed E-state index contributed by atoms with van der Waals surface area (Å²) in [7, 11) is -1.49. The summed E-state index contributed by atoms with van der Waals surface area (Å²) >= 11 is 1.40. The van der Waals surface area contributed by atoms with Gasteiger partial charge in [0.2, 0.25) is 0 Å². The summed E-state index contributed by atoms with van der Waals surface area (Å²) in [6.07, 6.45) is 0.182. The molecule has 2 aliphatic rings. The first kappa shape index (κ1) is 21.9. The largest absolute Gasteiger partial charge is 0.497 e. The van der Waals surface area contributed by atoms with Crippen LogP contribution >= 0.6 is 11.8 Å². The third kappa shape index (κ3) is 4.80. The average Bonchev–Trinajstić information content (AvgIpc) is 3.19. The summed E-state index contributed by atoms with van der Waals surface area (Å²) in [6.45, 7) is 4.26. The van der Waals surface area contributed by atoms with Gasteiger partial charge >= 0.3 is 0 Å². The second-order valence-electron chi connectivity index (χ2n) is 8.23. The van der Waals surface area contributed by atoms with Crippen molar-refractivity contribution in [3.8, 4) is 5.75 Å². The number of carbonyl (C=O) groups excluding carboxylic acids is 1. The Bertz CT molecular complexity index is 1090. The molecule has 4 rings (SSSR count). The number of fused-ring (bicyclic) bond motifs is 1. The smallest absolute Gasteiger partial charge is 0.252 e. The maximum atomic E-state index is 12.7. The monoisotopic (exact) mass is 458 g/mol. The molecule has 1 amide bonds. The number of thioether (sulfide) groups is 1. The van der Waals surface area contributed by atoms with E-state index in [1.165, 1.54) is 17.3 Å². The van der Waals surface area contributed by atoms with Gasteiger partial charge in [-0.3, -0.25) is 4.79 Å². The van der Waals surface area contributed by atoms with Gasteiger partial charge in [0, 0.05) is 10.9 Å². The van der Waals surface area contributed by atoms with Crippen LogP contribution in [0.2, 0.25) is 0 Å². The summed E-state index contributed by atoms with van der Waals surface area (Å²) in [5.41, 5.74) is 2.94. The van der Waals surface area contributed by atoms with E-state index in [9.17, 15) is 13.2 Å². The van der Waals surface area contributed by atoms with E-state index in [4.69, 9.17) is 4.74 Å². The molecule has 8 heteroatoms. The van der Waals surface area contributed by atoms with Crippen molar-refractivity contribution >= 4 is 38.4 Å². The number of hydrogen-bond donors (Lipinski definition) is 0. The zero-order valence-electron chi connectivity index (χ0n) is 17.8. The molecule has 0 aromatic heterocycles. The van der Waals surface area contributed by atoms with Crippen LogP contribution in [0.25, 0.3) is 0 Å². The molecule has 0 spiro atoms. The molecule has 2 aliphatic heterocycles. The minimum atomic E-state index is -3.09. The fourth-order valence-electron chi connectivity index (χ4n) is 3.95. The Kier molecular flexibility index (Phi) is 6.12. The van der Waals surface area contributed by atoms with Gasteiger partial charge < -0.3 is 9.64 Å². The number of aliphatic imine (C=N–C) groups is 1. The van der Waals surface area contributed by atoms with Gasteiger partial charge in [-0.2, -0.15) is 4.99 Å². The summed E-state index contributed by atoms with van der Waals surface area (Å²) in [6, 6.07) is 15.2. The Balaban J connectivity index is 1.60. The number of rotatable bonds is 5. The lowest BCUT2D eigenvalue weighted by molar-refractivity contribution is -0.117. The van der Waals surface area contributed by atoms with E-state index >= 15 is 0 Å². The number of carbonyl (C=O) groups is 1. The quantitative estimate of drug-likeness (QED) is 0.681. The first-order valence-corrected chi connectivity index (χ1v) is 13.0. The Hall–Kier alpha value is -2.32. The van der Waals surface area contributed by atoms with Crippen LogP contribution < -0.4 is 9.64 Å². The first-order chi connectivity index (χ1) is 14.8. The van der Waals surface area contributed by atoms with E-state index in [1.54, 1.807) is 7.11 Å². The first-order valence-electron chi connectivity index (χ1n) is 10.3. The Morgan fingerprint density at radius 3 is 2.42 bits per heavy atom. The topological polar surface area (TPSA) is 76.0 Å². The van der Waals surface area contributed by atoms with Crippen molar-refractivity contribution in [3.63, 3.8) is 0 Å². The number of amidine groups is 1. The zero-order valence-corrected chi connectivity index (χ0v) is 19.4. The molecular formula is C23H26N2O4S2. The lowest BCUT2D eigenvalue weighted by Crippen LogP contribution is -2.37. The number of hydrogen-bond acceptors (Lipinski definition) is 5. The van der Waals surface area contributed by atoms with Crippen LogP contribution in [-0.2, 0) is 21.1 Å². The van der Waals surface area contributed by atoms with E-state index in [0.717, 1.165) is 17.0 Å². The molecule has 2 aromatic rings. The molecule has 2 heterocycles. The Morgan fingerprint density at radius 2 is 1.81 bits per heavy atom. The van der Waals surface area contributed by atoms with Crippen molar-refractivity contribution in [1.82, 2.24) is 0 Å². The van der Waals surface area contributed by atoms with E-state index in [2.05, 4.69) is 31.0 Å². The highest BCUT2D eigenvalue weighted by Crippen LogP contribution is 2.41. The summed E-state index contributed by atoms with van der Waals surface area (Å²) < 4.78 is 29.6. The van der Waals surface area contributed by atoms with Crippen molar-refractivity contribution in [1.29, 1.82) is 0 Å². The standard InChI is InChI=1S/C23H26N2O4S2/c1-15(2)17-6-8-18(9-7-17)25-20-13-31(27,28)14-21(20)30-23(25)24-22(26)12-16-4-10-19(29-3)11-5-16/h4-11,15,20-21H,12-14H2,1-3H3/t20-,21-/m0/s1. The van der Waals surface area contributed by atoms with E-state index in [-0.39, 0.29) is 35.1 Å². The van der Waals surface area contributed by atoms with E-state index < -0.39 is 9.84 Å². The average molecular weight is 459 g/mol. The second-order valence-corrected chi connectivity index (χ2v) is 11.6. The van der Waals surface area contributed by atoms with Crippen molar-refractivity contribution in [2.75, 3.05) is 23.5 Å². The number of sulfone groups is 1. The highest BCUT2D eigenvalue weighted by molar-refractivity contribution is 8.16. The zero-order chi connectivity index (χ0) is 22.2. The maximum Gasteiger partial charge on any atom is 0.252 e. The molecule has 2 saturated heterocycles. The number of benzene rings is 2. The van der Waals surface area contributed by atoms with Gasteiger partial charge in [-0.1, -0.05) is 49.9 Å². The van der Waals surface area contributed by atoms with Crippen LogP contribution in [0.1, 0.15) is 30.9 Å². The Labute approximate surface area is 187 Å². The fraction of sp³-hybridized carbons (Fsp3) is 0.391. The number of amides is 1. The lowest BCUT2D eigenvalue weighted by Gasteiger charge is -2.25. The van der Waals surface area contributed by atoms with Gasteiger partial charge in [-0.05, 0) is 41.3 Å². The van der Waals surface area contributed by atoms with Crippen molar-refractivity contribution in [2.45, 2.75) is 37.5 Å². The van der Waals surface area contributed by atoms with Crippen molar-refractivity contribution in [3.05, 3.63) is 59.7 Å². The van der Waals surface area contributed by atoms with Gasteiger partial charge in [-0.15, -0.1) is 0 Å². The molecule has 0 unspecified atom stereocenters. The maximum absolute atomic E-state index is 12.7. The minimum absolute atomic E-state index is 0.0856. The normalized spacial score (nSPS) is 23.4. The molecule has 31 heavy (non-hydrogen) atoms. The van der Waals surface area contributed by atoms with Crippen LogP contribution in [0.3, 0.4) is 0 Å². The van der Waals surface area contributed by atoms with Gasteiger partial charge in [-0.25, -0.2) is 8.42 Å². The predicted molar refractivity (Wildman–Crippen MR) is 126 cm³/mol. The van der Waals surface area contributed by atoms with Crippen LogP contribution in [0.15, 0.2) is 53.5 Å². The molecule has 0 N–H and O–H groups in total. The Morgan fingerprint density at radius 1 is 1.13 bits per heavy atom. The van der Waals surface area contributed by atoms with Crippen LogP contribution in [0.5, 0.6) is 5.75 Å². The van der Waals surface area contributed by atoms with Gasteiger partial charge in [0.15, 0.2) is 15.0 Å². The van der Waals surface area contributed by atoms with Gasteiger partial charge in [0.1, 0.15) is 5.75 Å². The van der Waals surface area contributed by atoms with E-state index in [1.807, 2.05) is 41.3 Å². The highest BCUT2D eigenvalue weighted by Gasteiger charge is 2.49. The number of methoxy groups -OCH3 is 1. The molecule has 2 atom stereocenters. The SMILES string of the molecule is COc1ccc(CC(=O)N=C2S[C@H]3CS(=O)(=O)C[C@@H]3N2c2ccc(C(C)C)cc2)cc1. The van der Waals surface area contributed by atoms with E-state index in [0.29, 0.717) is 11.1 Å². The molecule has 0 bridgehead atoms. The van der Waals surface area contributed by atoms with Crippen LogP contribution in [0.4, 0.5) is 5.69 Å². The molecule has 164 valence electrons. The summed E-state index contributed by atoms with van der Waals surface area (Å²) in [4.78, 5) is 19.1. The third-order valence-corrected chi connectivity index (χ3v) is 8.85. The lowest BCUT2D eigenvalue weighted by atomic mass is 10.0. The fourth-order valence-corrected chi connectivity index (χ4v) is 7.88. The molecular weight excluding hydrogens is 432 g/mol. The molecule has 0 radical (unpaired) electrons. The van der Waals surface area contributed by atoms with Crippen LogP contribution in [-0.4, -0.2) is 49.4 Å². The minimum Gasteiger partial charge on any atom is -0.497 e. The van der Waals surface area contributed by atoms with Crippen molar-refractivity contribution in [2.24, 2.45) is 4.99 Å². The molecule has 2 aromatic carbocycles. The van der Waals surface area contributed by atoms with Crippen LogP contribution in [0, 0.1) is 0 Å². The number of ether oxygens (including phenoxy) is 1. The van der Waals surface area contributed by atoms with Crippen molar-refractivity contribution < 1.29 is 17.9 Å². The number of anilines is 1. The van der Waals surface area contributed by atoms with Gasteiger partial charge in [0.05, 0.1) is 31.1 Å². The summed E-state index contributed by atoms with van der Waals surface area (Å²) in [5.74, 6) is 1.09.